The van der Waals surface area contributed by atoms with Crippen LogP contribution >= 0.6 is 0 Å². The summed E-state index contributed by atoms with van der Waals surface area (Å²) in [5.74, 6) is 0. The zero-order valence-corrected chi connectivity index (χ0v) is 29.2. The summed E-state index contributed by atoms with van der Waals surface area (Å²) >= 11 is 0. The Bertz CT molecular complexity index is 2940. The third-order valence-electron chi connectivity index (χ3n) is 10.6. The van der Waals surface area contributed by atoms with Crippen LogP contribution in [0.4, 0.5) is 17.1 Å². The third kappa shape index (κ3) is 5.60. The third-order valence-corrected chi connectivity index (χ3v) is 10.6. The number of fused-ring (bicyclic) bond motifs is 4. The Morgan fingerprint density at radius 3 is 1.45 bits per heavy atom. The summed E-state index contributed by atoms with van der Waals surface area (Å²) in [6, 6.07) is 77.5. The topological polar surface area (TPSA) is 3.24 Å². The Kier molecular flexibility index (Phi) is 7.55. The summed E-state index contributed by atoms with van der Waals surface area (Å²) in [7, 11) is 0. The van der Waals surface area contributed by atoms with Crippen molar-refractivity contribution >= 4 is 60.2 Å². The molecule has 10 rings (SSSR count). The molecule has 0 atom stereocenters. The van der Waals surface area contributed by atoms with E-state index in [0.717, 1.165) is 17.1 Å². The molecule has 0 bridgehead atoms. The van der Waals surface area contributed by atoms with E-state index in [9.17, 15) is 0 Å². The monoisotopic (exact) mass is 673 g/mol. The molecule has 0 saturated heterocycles. The van der Waals surface area contributed by atoms with Crippen molar-refractivity contribution in [2.24, 2.45) is 0 Å². The van der Waals surface area contributed by atoms with E-state index in [2.05, 4.69) is 217 Å². The molecule has 248 valence electrons. The van der Waals surface area contributed by atoms with Gasteiger partial charge in [0.2, 0.25) is 0 Å². The average molecular weight is 674 g/mol. The Morgan fingerprint density at radius 1 is 0.245 bits per heavy atom. The first-order chi connectivity index (χ1) is 26.3. The largest absolute Gasteiger partial charge is 0.309 e. The molecule has 0 radical (unpaired) electrons. The van der Waals surface area contributed by atoms with Crippen LogP contribution in [-0.4, -0.2) is 0 Å². The summed E-state index contributed by atoms with van der Waals surface area (Å²) in [5, 5.41) is 9.86. The quantitative estimate of drug-likeness (QED) is 0.170. The van der Waals surface area contributed by atoms with Gasteiger partial charge >= 0.3 is 0 Å². The molecule has 0 amide bonds. The molecule has 0 N–H and O–H groups in total. The van der Waals surface area contributed by atoms with Gasteiger partial charge in [-0.3, -0.25) is 0 Å². The second-order valence-electron chi connectivity index (χ2n) is 13.8. The minimum absolute atomic E-state index is 1.10. The normalized spacial score (nSPS) is 11.4. The van der Waals surface area contributed by atoms with Crippen LogP contribution in [0.3, 0.4) is 0 Å². The van der Waals surface area contributed by atoms with Gasteiger partial charge in [-0.1, -0.05) is 176 Å². The van der Waals surface area contributed by atoms with Crippen molar-refractivity contribution < 1.29 is 0 Å². The van der Waals surface area contributed by atoms with Crippen molar-refractivity contribution in [3.05, 3.63) is 212 Å². The van der Waals surface area contributed by atoms with Crippen molar-refractivity contribution in [3.63, 3.8) is 0 Å². The Hall–Kier alpha value is -6.96. The number of anilines is 3. The van der Waals surface area contributed by atoms with Gasteiger partial charge in [-0.05, 0) is 102 Å². The van der Waals surface area contributed by atoms with Gasteiger partial charge in [0.1, 0.15) is 0 Å². The van der Waals surface area contributed by atoms with Crippen molar-refractivity contribution in [1.82, 2.24) is 0 Å². The van der Waals surface area contributed by atoms with E-state index in [4.69, 9.17) is 0 Å². The van der Waals surface area contributed by atoms with Gasteiger partial charge in [-0.2, -0.15) is 0 Å². The van der Waals surface area contributed by atoms with Gasteiger partial charge in [-0.25, -0.2) is 0 Å². The van der Waals surface area contributed by atoms with Crippen molar-refractivity contribution in [2.75, 3.05) is 4.90 Å². The first-order valence-electron chi connectivity index (χ1n) is 18.3. The summed E-state index contributed by atoms with van der Waals surface area (Å²) in [6.45, 7) is 0. The SMILES string of the molecule is c1ccc2cc(-c3ccc(-c4ccc5ccccc5c4)c(N(c4ccc(-c5cccc6ccccc56)cc4)c4cccc5ccccc45)c3)ccc2c1. The number of hydrogen-bond acceptors (Lipinski definition) is 1. The number of benzene rings is 10. The van der Waals surface area contributed by atoms with E-state index in [1.807, 2.05) is 0 Å². The fourth-order valence-corrected chi connectivity index (χ4v) is 7.94. The molecular formula is C52H35N. The molecule has 0 heterocycles. The zero-order chi connectivity index (χ0) is 35.1. The van der Waals surface area contributed by atoms with E-state index >= 15 is 0 Å². The lowest BCUT2D eigenvalue weighted by molar-refractivity contribution is 1.30. The van der Waals surface area contributed by atoms with Crippen LogP contribution in [0.5, 0.6) is 0 Å². The Balaban J connectivity index is 1.22. The lowest BCUT2D eigenvalue weighted by Gasteiger charge is -2.30. The standard InChI is InChI=1S/C52H35N/c1-3-15-41-33-43(25-23-36(41)11-1)44-29-32-50(45-26-24-37-12-2-4-16-42(37)34-45)52(35-44)53(51-22-10-18-39-14-6-8-20-49(39)51)46-30-27-40(28-31-46)48-21-9-17-38-13-5-7-19-47(38)48/h1-35H. The van der Waals surface area contributed by atoms with Crippen LogP contribution in [-0.2, 0) is 0 Å². The second kappa shape index (κ2) is 13.0. The molecule has 0 unspecified atom stereocenters. The van der Waals surface area contributed by atoms with E-state index in [0.29, 0.717) is 0 Å². The van der Waals surface area contributed by atoms with Crippen molar-refractivity contribution in [1.29, 1.82) is 0 Å². The van der Waals surface area contributed by atoms with Gasteiger partial charge in [0, 0.05) is 16.6 Å². The lowest BCUT2D eigenvalue weighted by Crippen LogP contribution is -2.12. The summed E-state index contributed by atoms with van der Waals surface area (Å²) in [4.78, 5) is 2.46. The highest BCUT2D eigenvalue weighted by Gasteiger charge is 2.21. The molecule has 0 spiro atoms. The molecular weight excluding hydrogens is 639 g/mol. The lowest BCUT2D eigenvalue weighted by atomic mass is 9.94. The van der Waals surface area contributed by atoms with Gasteiger partial charge in [0.05, 0.1) is 11.4 Å². The first kappa shape index (κ1) is 30.8. The molecule has 0 aliphatic rings. The smallest absolute Gasteiger partial charge is 0.0546 e. The van der Waals surface area contributed by atoms with E-state index in [1.165, 1.54) is 76.5 Å². The average Bonchev–Trinajstić information content (AvgIpc) is 3.23. The highest BCUT2D eigenvalue weighted by molar-refractivity contribution is 6.03. The maximum Gasteiger partial charge on any atom is 0.0546 e. The predicted molar refractivity (Wildman–Crippen MR) is 227 cm³/mol. The van der Waals surface area contributed by atoms with Gasteiger partial charge in [0.15, 0.2) is 0 Å². The molecule has 53 heavy (non-hydrogen) atoms. The molecule has 0 fully saturated rings. The maximum atomic E-state index is 2.46. The van der Waals surface area contributed by atoms with Gasteiger partial charge < -0.3 is 4.90 Å². The highest BCUT2D eigenvalue weighted by Crippen LogP contribution is 2.46. The number of hydrogen-bond donors (Lipinski definition) is 0. The molecule has 1 heteroatoms. The van der Waals surface area contributed by atoms with Gasteiger partial charge in [0.25, 0.3) is 0 Å². The molecule has 0 saturated carbocycles. The zero-order valence-electron chi connectivity index (χ0n) is 29.2. The molecule has 1 nitrogen and oxygen atoms in total. The summed E-state index contributed by atoms with van der Waals surface area (Å²) in [5.41, 5.74) is 10.5. The molecule has 0 aliphatic heterocycles. The van der Waals surface area contributed by atoms with Crippen LogP contribution in [0.2, 0.25) is 0 Å². The van der Waals surface area contributed by atoms with Crippen LogP contribution in [0.25, 0.3) is 76.5 Å². The fourth-order valence-electron chi connectivity index (χ4n) is 7.94. The van der Waals surface area contributed by atoms with Crippen molar-refractivity contribution in [2.45, 2.75) is 0 Å². The van der Waals surface area contributed by atoms with Crippen LogP contribution in [0.15, 0.2) is 212 Å². The molecule has 0 aromatic heterocycles. The summed E-state index contributed by atoms with van der Waals surface area (Å²) in [6.07, 6.45) is 0. The van der Waals surface area contributed by atoms with Crippen LogP contribution in [0.1, 0.15) is 0 Å². The fraction of sp³-hybridized carbons (Fsp3) is 0. The predicted octanol–water partition coefficient (Wildman–Crippen LogP) is 14.8. The summed E-state index contributed by atoms with van der Waals surface area (Å²) < 4.78 is 0. The minimum atomic E-state index is 1.10. The minimum Gasteiger partial charge on any atom is -0.309 e. The molecule has 10 aromatic carbocycles. The Morgan fingerprint density at radius 2 is 0.736 bits per heavy atom. The molecule has 0 aliphatic carbocycles. The van der Waals surface area contributed by atoms with E-state index in [1.54, 1.807) is 0 Å². The van der Waals surface area contributed by atoms with Crippen LogP contribution < -0.4 is 4.90 Å². The van der Waals surface area contributed by atoms with E-state index in [-0.39, 0.29) is 0 Å². The second-order valence-corrected chi connectivity index (χ2v) is 13.8. The van der Waals surface area contributed by atoms with E-state index < -0.39 is 0 Å². The van der Waals surface area contributed by atoms with Crippen LogP contribution in [0, 0.1) is 0 Å². The highest BCUT2D eigenvalue weighted by atomic mass is 15.1. The van der Waals surface area contributed by atoms with Gasteiger partial charge in [-0.15, -0.1) is 0 Å². The molecule has 10 aromatic rings. The Labute approximate surface area is 309 Å². The van der Waals surface area contributed by atoms with Crippen molar-refractivity contribution in [3.8, 4) is 33.4 Å². The number of rotatable bonds is 6. The number of nitrogens with zero attached hydrogens (tertiary/aromatic N) is 1. The maximum absolute atomic E-state index is 2.46. The first-order valence-corrected chi connectivity index (χ1v) is 18.3.